The summed E-state index contributed by atoms with van der Waals surface area (Å²) in [5.74, 6) is -2.06. The first-order chi connectivity index (χ1) is 8.32. The van der Waals surface area contributed by atoms with Gasteiger partial charge in [-0.25, -0.2) is 0 Å². The standard InChI is InChI=1S/C11H8ClF3N2O/c1-6-9(11(13,14)15)16-17(10(6)18)8-5-3-2-4-7(8)12/h2-6H,1H3. The number of carbonyl (C=O) groups is 1. The fourth-order valence-corrected chi connectivity index (χ4v) is 1.86. The lowest BCUT2D eigenvalue weighted by atomic mass is 10.1. The van der Waals surface area contributed by atoms with Gasteiger partial charge in [0.2, 0.25) is 0 Å². The molecule has 1 aromatic carbocycles. The molecule has 96 valence electrons. The molecular weight excluding hydrogens is 269 g/mol. The van der Waals surface area contributed by atoms with Gasteiger partial charge in [0.05, 0.1) is 16.6 Å². The average Bonchev–Trinajstić information content (AvgIpc) is 2.57. The normalized spacial score (nSPS) is 20.3. The summed E-state index contributed by atoms with van der Waals surface area (Å²) in [6.07, 6.45) is -4.62. The van der Waals surface area contributed by atoms with E-state index in [1.165, 1.54) is 19.1 Å². The highest BCUT2D eigenvalue weighted by atomic mass is 35.5. The van der Waals surface area contributed by atoms with Crippen molar-refractivity contribution in [2.75, 3.05) is 5.01 Å². The molecule has 1 aromatic rings. The first-order valence-electron chi connectivity index (χ1n) is 5.06. The summed E-state index contributed by atoms with van der Waals surface area (Å²) in [5, 5.41) is 4.22. The minimum atomic E-state index is -4.62. The van der Waals surface area contributed by atoms with Crippen LogP contribution in [0.25, 0.3) is 0 Å². The van der Waals surface area contributed by atoms with Crippen LogP contribution in [0.3, 0.4) is 0 Å². The summed E-state index contributed by atoms with van der Waals surface area (Å²) in [6, 6.07) is 6.11. The van der Waals surface area contributed by atoms with Crippen LogP contribution in [0.15, 0.2) is 29.4 Å². The largest absolute Gasteiger partial charge is 0.432 e. The van der Waals surface area contributed by atoms with Crippen LogP contribution in [0.5, 0.6) is 0 Å². The van der Waals surface area contributed by atoms with Crippen LogP contribution in [-0.4, -0.2) is 17.8 Å². The number of amides is 1. The Labute approximate surface area is 106 Å². The molecule has 0 aromatic heterocycles. The molecule has 1 heterocycles. The van der Waals surface area contributed by atoms with E-state index in [4.69, 9.17) is 11.6 Å². The first-order valence-corrected chi connectivity index (χ1v) is 5.44. The van der Waals surface area contributed by atoms with E-state index in [9.17, 15) is 18.0 Å². The van der Waals surface area contributed by atoms with Gasteiger partial charge >= 0.3 is 6.18 Å². The number of hydrogen-bond acceptors (Lipinski definition) is 2. The lowest BCUT2D eigenvalue weighted by Crippen LogP contribution is -2.31. The predicted octanol–water partition coefficient (Wildman–Crippen LogP) is 3.24. The number of rotatable bonds is 1. The van der Waals surface area contributed by atoms with E-state index in [1.807, 2.05) is 0 Å². The van der Waals surface area contributed by atoms with Crippen LogP contribution < -0.4 is 5.01 Å². The quantitative estimate of drug-likeness (QED) is 0.775. The molecule has 0 saturated heterocycles. The van der Waals surface area contributed by atoms with Crippen LogP contribution in [0.4, 0.5) is 18.9 Å². The molecule has 18 heavy (non-hydrogen) atoms. The average molecular weight is 277 g/mol. The fraction of sp³-hybridized carbons (Fsp3) is 0.273. The van der Waals surface area contributed by atoms with Crippen molar-refractivity contribution in [1.29, 1.82) is 0 Å². The van der Waals surface area contributed by atoms with E-state index in [0.717, 1.165) is 0 Å². The van der Waals surface area contributed by atoms with Crippen molar-refractivity contribution in [3.63, 3.8) is 0 Å². The Balaban J connectivity index is 2.45. The van der Waals surface area contributed by atoms with E-state index in [-0.39, 0.29) is 10.7 Å². The zero-order chi connectivity index (χ0) is 13.5. The molecule has 0 fully saturated rings. The highest BCUT2D eigenvalue weighted by molar-refractivity contribution is 6.34. The van der Waals surface area contributed by atoms with Gasteiger partial charge in [-0.1, -0.05) is 23.7 Å². The molecule has 0 bridgehead atoms. The number of anilines is 1. The topological polar surface area (TPSA) is 32.7 Å². The van der Waals surface area contributed by atoms with Crippen molar-refractivity contribution < 1.29 is 18.0 Å². The summed E-state index contributed by atoms with van der Waals surface area (Å²) >= 11 is 5.83. The van der Waals surface area contributed by atoms with Gasteiger partial charge in [0.25, 0.3) is 5.91 Å². The molecule has 0 radical (unpaired) electrons. The SMILES string of the molecule is CC1C(=O)N(c2ccccc2Cl)N=C1C(F)(F)F. The van der Waals surface area contributed by atoms with Gasteiger partial charge in [0.15, 0.2) is 5.71 Å². The lowest BCUT2D eigenvalue weighted by Gasteiger charge is -2.13. The first kappa shape index (κ1) is 12.9. The van der Waals surface area contributed by atoms with Gasteiger partial charge in [0.1, 0.15) is 0 Å². The second-order valence-corrected chi connectivity index (χ2v) is 4.21. The maximum absolute atomic E-state index is 12.6. The Hall–Kier alpha value is -1.56. The van der Waals surface area contributed by atoms with Crippen molar-refractivity contribution in [2.45, 2.75) is 13.1 Å². The van der Waals surface area contributed by atoms with Gasteiger partial charge in [-0.05, 0) is 19.1 Å². The molecule has 1 atom stereocenters. The maximum atomic E-state index is 12.6. The Bertz CT molecular complexity index is 527. The monoisotopic (exact) mass is 276 g/mol. The van der Waals surface area contributed by atoms with Gasteiger partial charge in [-0.15, -0.1) is 0 Å². The second kappa shape index (κ2) is 4.28. The Morgan fingerprint density at radius 1 is 1.33 bits per heavy atom. The molecule has 0 N–H and O–H groups in total. The second-order valence-electron chi connectivity index (χ2n) is 3.81. The van der Waals surface area contributed by atoms with Gasteiger partial charge in [0, 0.05) is 0 Å². The molecular formula is C11H8ClF3N2O. The highest BCUT2D eigenvalue weighted by Gasteiger charge is 2.48. The number of hydrazone groups is 1. The minimum Gasteiger partial charge on any atom is -0.272 e. The zero-order valence-electron chi connectivity index (χ0n) is 9.20. The lowest BCUT2D eigenvalue weighted by molar-refractivity contribution is -0.120. The number of hydrogen-bond donors (Lipinski definition) is 0. The third kappa shape index (κ3) is 2.08. The summed E-state index contributed by atoms with van der Waals surface area (Å²) in [5.41, 5.74) is -0.956. The van der Waals surface area contributed by atoms with Gasteiger partial charge < -0.3 is 0 Å². The number of halogens is 4. The Morgan fingerprint density at radius 3 is 2.44 bits per heavy atom. The molecule has 7 heteroatoms. The van der Waals surface area contributed by atoms with Crippen molar-refractivity contribution in [1.82, 2.24) is 0 Å². The van der Waals surface area contributed by atoms with E-state index >= 15 is 0 Å². The minimum absolute atomic E-state index is 0.148. The third-order valence-electron chi connectivity index (χ3n) is 2.57. The van der Waals surface area contributed by atoms with E-state index in [2.05, 4.69) is 5.10 Å². The Kier molecular flexibility index (Phi) is 3.06. The van der Waals surface area contributed by atoms with Crippen LogP contribution >= 0.6 is 11.6 Å². The van der Waals surface area contributed by atoms with Crippen molar-refractivity contribution >= 4 is 28.9 Å². The fourth-order valence-electron chi connectivity index (χ4n) is 1.64. The maximum Gasteiger partial charge on any atom is 0.432 e. The van der Waals surface area contributed by atoms with Crippen LogP contribution in [0, 0.1) is 5.92 Å². The summed E-state index contributed by atoms with van der Waals surface area (Å²) in [4.78, 5) is 11.8. The molecule has 1 amide bonds. The van der Waals surface area contributed by atoms with Gasteiger partial charge in [-0.2, -0.15) is 23.3 Å². The van der Waals surface area contributed by atoms with Crippen molar-refractivity contribution in [2.24, 2.45) is 11.0 Å². The zero-order valence-corrected chi connectivity index (χ0v) is 9.96. The summed E-state index contributed by atoms with van der Waals surface area (Å²) in [6.45, 7) is 1.17. The molecule has 0 aliphatic carbocycles. The van der Waals surface area contributed by atoms with Crippen LogP contribution in [0.2, 0.25) is 5.02 Å². The van der Waals surface area contributed by atoms with Crippen molar-refractivity contribution in [3.8, 4) is 0 Å². The molecule has 3 nitrogen and oxygen atoms in total. The van der Waals surface area contributed by atoms with E-state index < -0.39 is 23.7 Å². The van der Waals surface area contributed by atoms with E-state index in [1.54, 1.807) is 12.1 Å². The summed E-state index contributed by atoms with van der Waals surface area (Å²) in [7, 11) is 0. The molecule has 1 aliphatic heterocycles. The van der Waals surface area contributed by atoms with Gasteiger partial charge in [-0.3, -0.25) is 4.79 Å². The number of nitrogens with zero attached hydrogens (tertiary/aromatic N) is 2. The highest BCUT2D eigenvalue weighted by Crippen LogP contribution is 2.34. The molecule has 2 rings (SSSR count). The Morgan fingerprint density at radius 2 is 1.94 bits per heavy atom. The molecule has 1 unspecified atom stereocenters. The number of alkyl halides is 3. The van der Waals surface area contributed by atoms with Crippen molar-refractivity contribution in [3.05, 3.63) is 29.3 Å². The smallest absolute Gasteiger partial charge is 0.272 e. The number of para-hydroxylation sites is 1. The van der Waals surface area contributed by atoms with Crippen LogP contribution in [0.1, 0.15) is 6.92 Å². The number of benzene rings is 1. The molecule has 0 spiro atoms. The molecule has 1 aliphatic rings. The molecule has 0 saturated carbocycles. The summed E-state index contributed by atoms with van der Waals surface area (Å²) < 4.78 is 37.9. The van der Waals surface area contributed by atoms with E-state index in [0.29, 0.717) is 5.01 Å². The number of carbonyl (C=O) groups excluding carboxylic acids is 1. The third-order valence-corrected chi connectivity index (χ3v) is 2.89. The van der Waals surface area contributed by atoms with Crippen LogP contribution in [-0.2, 0) is 4.79 Å². The predicted molar refractivity (Wildman–Crippen MR) is 61.6 cm³/mol.